The minimum atomic E-state index is -0.445. The van der Waals surface area contributed by atoms with E-state index >= 15 is 0 Å². The highest BCUT2D eigenvalue weighted by molar-refractivity contribution is 6.06. The Kier molecular flexibility index (Phi) is 5.33. The number of nitro groups is 1. The summed E-state index contributed by atoms with van der Waals surface area (Å²) in [5, 5.41) is 14.0. The van der Waals surface area contributed by atoms with E-state index in [0.29, 0.717) is 49.0 Å². The second kappa shape index (κ2) is 7.83. The number of morpholine rings is 1. The molecule has 8 nitrogen and oxygen atoms in total. The quantitative estimate of drug-likeness (QED) is 0.653. The van der Waals surface area contributed by atoms with Gasteiger partial charge in [-0.15, -0.1) is 0 Å². The number of ether oxygens (including phenoxy) is 2. The van der Waals surface area contributed by atoms with Gasteiger partial charge in [0.2, 0.25) is 0 Å². The van der Waals surface area contributed by atoms with Gasteiger partial charge < -0.3 is 19.7 Å². The first-order chi connectivity index (χ1) is 12.6. The summed E-state index contributed by atoms with van der Waals surface area (Å²) in [6.07, 6.45) is 0. The van der Waals surface area contributed by atoms with Crippen LogP contribution in [0, 0.1) is 10.1 Å². The number of non-ortho nitro benzene ring substituents is 1. The Labute approximate surface area is 150 Å². The van der Waals surface area contributed by atoms with Gasteiger partial charge in [-0.2, -0.15) is 0 Å². The van der Waals surface area contributed by atoms with E-state index in [1.54, 1.807) is 37.4 Å². The molecule has 1 amide bonds. The van der Waals surface area contributed by atoms with Gasteiger partial charge >= 0.3 is 0 Å². The number of nitrogens with one attached hydrogen (secondary N) is 1. The normalized spacial score (nSPS) is 14.0. The van der Waals surface area contributed by atoms with Crippen LogP contribution in [0.5, 0.6) is 5.75 Å². The molecule has 0 unspecified atom stereocenters. The zero-order chi connectivity index (χ0) is 18.5. The van der Waals surface area contributed by atoms with Crippen LogP contribution in [-0.2, 0) is 4.74 Å². The van der Waals surface area contributed by atoms with Crippen molar-refractivity contribution in [3.63, 3.8) is 0 Å². The van der Waals surface area contributed by atoms with Gasteiger partial charge in [-0.05, 0) is 30.3 Å². The van der Waals surface area contributed by atoms with Crippen molar-refractivity contribution in [2.24, 2.45) is 0 Å². The Morgan fingerprint density at radius 2 is 1.88 bits per heavy atom. The third-order valence-corrected chi connectivity index (χ3v) is 4.14. The van der Waals surface area contributed by atoms with Crippen LogP contribution in [0.15, 0.2) is 42.5 Å². The maximum Gasteiger partial charge on any atom is 0.271 e. The standard InChI is InChI=1S/C18H19N3O5/c1-25-15-5-2-13(3-6-15)18(22)19-16-7-4-14(21(23)24)12-17(16)20-8-10-26-11-9-20/h2-7,12H,8-11H2,1H3,(H,19,22). The van der Waals surface area contributed by atoms with Gasteiger partial charge in [0.1, 0.15) is 5.75 Å². The van der Waals surface area contributed by atoms with Crippen LogP contribution < -0.4 is 15.0 Å². The smallest absolute Gasteiger partial charge is 0.271 e. The number of benzene rings is 2. The number of anilines is 2. The number of carbonyl (C=O) groups excluding carboxylic acids is 1. The van der Waals surface area contributed by atoms with Gasteiger partial charge in [0, 0.05) is 30.8 Å². The van der Waals surface area contributed by atoms with E-state index in [9.17, 15) is 14.9 Å². The Morgan fingerprint density at radius 1 is 1.19 bits per heavy atom. The lowest BCUT2D eigenvalue weighted by molar-refractivity contribution is -0.384. The average Bonchev–Trinajstić information content (AvgIpc) is 2.68. The van der Waals surface area contributed by atoms with Gasteiger partial charge in [0.25, 0.3) is 11.6 Å². The Balaban J connectivity index is 1.87. The minimum Gasteiger partial charge on any atom is -0.497 e. The summed E-state index contributed by atoms with van der Waals surface area (Å²) in [6.45, 7) is 2.28. The molecule has 0 bridgehead atoms. The fraction of sp³-hybridized carbons (Fsp3) is 0.278. The third-order valence-electron chi connectivity index (χ3n) is 4.14. The Bertz CT molecular complexity index is 801. The molecule has 0 saturated carbocycles. The first kappa shape index (κ1) is 17.7. The van der Waals surface area contributed by atoms with E-state index in [2.05, 4.69) is 5.32 Å². The second-order valence-electron chi connectivity index (χ2n) is 5.74. The monoisotopic (exact) mass is 357 g/mol. The zero-order valence-corrected chi connectivity index (χ0v) is 14.3. The zero-order valence-electron chi connectivity index (χ0n) is 14.3. The van der Waals surface area contributed by atoms with E-state index in [0.717, 1.165) is 0 Å². The molecular formula is C18H19N3O5. The summed E-state index contributed by atoms with van der Waals surface area (Å²) < 4.78 is 10.4. The number of rotatable bonds is 5. The molecule has 2 aromatic rings. The highest BCUT2D eigenvalue weighted by atomic mass is 16.6. The fourth-order valence-electron chi connectivity index (χ4n) is 2.74. The predicted molar refractivity (Wildman–Crippen MR) is 97.1 cm³/mol. The number of nitro benzene ring substituents is 1. The van der Waals surface area contributed by atoms with Crippen LogP contribution in [-0.4, -0.2) is 44.2 Å². The van der Waals surface area contributed by atoms with Crippen molar-refractivity contribution in [1.82, 2.24) is 0 Å². The van der Waals surface area contributed by atoms with Crippen LogP contribution in [0.25, 0.3) is 0 Å². The number of methoxy groups -OCH3 is 1. The van der Waals surface area contributed by atoms with Crippen LogP contribution in [0.3, 0.4) is 0 Å². The fourth-order valence-corrected chi connectivity index (χ4v) is 2.74. The Morgan fingerprint density at radius 3 is 2.50 bits per heavy atom. The van der Waals surface area contributed by atoms with Crippen molar-refractivity contribution in [2.45, 2.75) is 0 Å². The molecule has 26 heavy (non-hydrogen) atoms. The number of hydrogen-bond acceptors (Lipinski definition) is 6. The molecule has 0 spiro atoms. The van der Waals surface area contributed by atoms with E-state index in [1.807, 2.05) is 4.90 Å². The van der Waals surface area contributed by atoms with E-state index in [1.165, 1.54) is 12.1 Å². The van der Waals surface area contributed by atoms with Gasteiger partial charge in [-0.25, -0.2) is 0 Å². The lowest BCUT2D eigenvalue weighted by Gasteiger charge is -2.30. The van der Waals surface area contributed by atoms with Crippen molar-refractivity contribution < 1.29 is 19.2 Å². The van der Waals surface area contributed by atoms with Gasteiger partial charge in [-0.3, -0.25) is 14.9 Å². The van der Waals surface area contributed by atoms with Crippen molar-refractivity contribution in [3.8, 4) is 5.75 Å². The van der Waals surface area contributed by atoms with Crippen molar-refractivity contribution in [1.29, 1.82) is 0 Å². The van der Waals surface area contributed by atoms with Gasteiger partial charge in [0.15, 0.2) is 0 Å². The summed E-state index contributed by atoms with van der Waals surface area (Å²) in [7, 11) is 1.56. The third kappa shape index (κ3) is 3.92. The molecule has 1 fully saturated rings. The highest BCUT2D eigenvalue weighted by Crippen LogP contribution is 2.31. The molecule has 0 atom stereocenters. The summed E-state index contributed by atoms with van der Waals surface area (Å²) in [6, 6.07) is 11.1. The summed E-state index contributed by atoms with van der Waals surface area (Å²) >= 11 is 0. The number of carbonyl (C=O) groups is 1. The Hall–Kier alpha value is -3.13. The number of amides is 1. The molecular weight excluding hydrogens is 338 g/mol. The van der Waals surface area contributed by atoms with Gasteiger partial charge in [-0.1, -0.05) is 0 Å². The molecule has 8 heteroatoms. The largest absolute Gasteiger partial charge is 0.497 e. The van der Waals surface area contributed by atoms with E-state index < -0.39 is 4.92 Å². The molecule has 3 rings (SSSR count). The van der Waals surface area contributed by atoms with Crippen molar-refractivity contribution >= 4 is 23.0 Å². The maximum atomic E-state index is 12.5. The molecule has 1 N–H and O–H groups in total. The van der Waals surface area contributed by atoms with Crippen LogP contribution in [0.2, 0.25) is 0 Å². The molecule has 0 aromatic heterocycles. The number of nitrogens with zero attached hydrogens (tertiary/aromatic N) is 2. The molecule has 0 aliphatic carbocycles. The van der Waals surface area contributed by atoms with E-state index in [-0.39, 0.29) is 11.6 Å². The van der Waals surface area contributed by atoms with Gasteiger partial charge in [0.05, 0.1) is 36.6 Å². The van der Waals surface area contributed by atoms with Crippen LogP contribution in [0.4, 0.5) is 17.1 Å². The maximum absolute atomic E-state index is 12.5. The lowest BCUT2D eigenvalue weighted by Crippen LogP contribution is -2.36. The number of hydrogen-bond donors (Lipinski definition) is 1. The molecule has 0 radical (unpaired) electrons. The highest BCUT2D eigenvalue weighted by Gasteiger charge is 2.20. The molecule has 1 aliphatic rings. The summed E-state index contributed by atoms with van der Waals surface area (Å²) in [5.41, 5.74) is 1.59. The first-order valence-electron chi connectivity index (χ1n) is 8.15. The molecule has 136 valence electrons. The molecule has 2 aromatic carbocycles. The summed E-state index contributed by atoms with van der Waals surface area (Å²) in [5.74, 6) is 0.363. The summed E-state index contributed by atoms with van der Waals surface area (Å²) in [4.78, 5) is 25.2. The van der Waals surface area contributed by atoms with E-state index in [4.69, 9.17) is 9.47 Å². The van der Waals surface area contributed by atoms with Crippen LogP contribution >= 0.6 is 0 Å². The lowest BCUT2D eigenvalue weighted by atomic mass is 10.1. The SMILES string of the molecule is COc1ccc(C(=O)Nc2ccc([N+](=O)[O-])cc2N2CCOCC2)cc1. The molecule has 1 saturated heterocycles. The average molecular weight is 357 g/mol. The van der Waals surface area contributed by atoms with Crippen molar-refractivity contribution in [3.05, 3.63) is 58.1 Å². The first-order valence-corrected chi connectivity index (χ1v) is 8.15. The predicted octanol–water partition coefficient (Wildman–Crippen LogP) is 2.69. The van der Waals surface area contributed by atoms with Crippen molar-refractivity contribution in [2.75, 3.05) is 43.6 Å². The molecule has 1 heterocycles. The minimum absolute atomic E-state index is 0.0195. The van der Waals surface area contributed by atoms with Crippen LogP contribution in [0.1, 0.15) is 10.4 Å². The topological polar surface area (TPSA) is 93.9 Å². The molecule has 1 aliphatic heterocycles. The second-order valence-corrected chi connectivity index (χ2v) is 5.74.